The third kappa shape index (κ3) is 10.3. The highest BCUT2D eigenvalue weighted by Crippen LogP contribution is 2.26. The molecule has 5 nitrogen and oxygen atoms in total. The van der Waals surface area contributed by atoms with E-state index >= 15 is 0 Å². The van der Waals surface area contributed by atoms with Crippen LogP contribution in [0.1, 0.15) is 13.3 Å². The van der Waals surface area contributed by atoms with Gasteiger partial charge in [-0.15, -0.1) is 0 Å². The van der Waals surface area contributed by atoms with Gasteiger partial charge >= 0.3 is 14.5 Å². The summed E-state index contributed by atoms with van der Waals surface area (Å²) in [6.45, 7) is 21.1. The Morgan fingerprint density at radius 3 is 1.83 bits per heavy atom. The first kappa shape index (κ1) is 22.7. The van der Waals surface area contributed by atoms with Gasteiger partial charge in [0.05, 0.1) is 12.3 Å². The highest BCUT2D eigenvalue weighted by atomic mass is 28.5. The lowest BCUT2D eigenvalue weighted by molar-refractivity contribution is -0.139. The zero-order chi connectivity index (χ0) is 18.3. The first-order chi connectivity index (χ1) is 10.3. The fraction of sp³-hybridized carbons (Fsp3) is 0.800. The maximum atomic E-state index is 11.1. The van der Waals surface area contributed by atoms with Crippen molar-refractivity contribution in [2.75, 3.05) is 13.2 Å². The van der Waals surface area contributed by atoms with E-state index in [-0.39, 0.29) is 12.3 Å². The molecule has 136 valence electrons. The molecule has 8 heteroatoms. The van der Waals surface area contributed by atoms with E-state index in [1.807, 2.05) is 0 Å². The fourth-order valence-corrected chi connectivity index (χ4v) is 14.9. The summed E-state index contributed by atoms with van der Waals surface area (Å²) < 4.78 is 23.9. The third-order valence-corrected chi connectivity index (χ3v) is 12.7. The van der Waals surface area contributed by atoms with Crippen molar-refractivity contribution in [3.8, 4) is 0 Å². The molecule has 0 aromatic heterocycles. The minimum atomic E-state index is -2.49. The summed E-state index contributed by atoms with van der Waals surface area (Å²) >= 11 is 0. The molecule has 0 aromatic rings. The Kier molecular flexibility index (Phi) is 9.18. The highest BCUT2D eigenvalue weighted by Gasteiger charge is 2.47. The normalized spacial score (nSPS) is 14.4. The van der Waals surface area contributed by atoms with Crippen LogP contribution in [-0.4, -0.2) is 50.1 Å². The SMILES string of the molecule is C=CC(=O)OCCOC(CC)[Si](C)(O[Si](C)(C)C)O[Si](C)(C)C. The van der Waals surface area contributed by atoms with Crippen LogP contribution in [0.4, 0.5) is 0 Å². The average Bonchev–Trinajstić information content (AvgIpc) is 2.33. The summed E-state index contributed by atoms with van der Waals surface area (Å²) in [6.07, 6.45) is 1.96. The molecular weight excluding hydrogens is 344 g/mol. The first-order valence-corrected chi connectivity index (χ1v) is 17.3. The molecule has 23 heavy (non-hydrogen) atoms. The van der Waals surface area contributed by atoms with Crippen LogP contribution in [0.25, 0.3) is 0 Å². The molecule has 0 rings (SSSR count). The van der Waals surface area contributed by atoms with E-state index in [9.17, 15) is 4.79 Å². The van der Waals surface area contributed by atoms with Gasteiger partial charge in [-0.25, -0.2) is 4.79 Å². The first-order valence-electron chi connectivity index (χ1n) is 8.14. The van der Waals surface area contributed by atoms with Crippen LogP contribution >= 0.6 is 0 Å². The molecule has 0 bridgehead atoms. The minimum absolute atomic E-state index is 0.0802. The van der Waals surface area contributed by atoms with Crippen LogP contribution in [0.15, 0.2) is 12.7 Å². The number of carbonyl (C=O) groups excluding carboxylic acids is 1. The average molecular weight is 379 g/mol. The highest BCUT2D eigenvalue weighted by molar-refractivity contribution is 6.88. The monoisotopic (exact) mass is 378 g/mol. The van der Waals surface area contributed by atoms with E-state index < -0.39 is 31.2 Å². The maximum absolute atomic E-state index is 11.1. The smallest absolute Gasteiger partial charge is 0.344 e. The number of carbonyl (C=O) groups is 1. The summed E-state index contributed by atoms with van der Waals surface area (Å²) in [5, 5.41) is 0. The second kappa shape index (κ2) is 9.28. The van der Waals surface area contributed by atoms with Crippen molar-refractivity contribution < 1.29 is 22.5 Å². The molecule has 0 saturated heterocycles. The maximum Gasteiger partial charge on any atom is 0.344 e. The van der Waals surface area contributed by atoms with E-state index in [0.29, 0.717) is 6.61 Å². The molecule has 0 aliphatic heterocycles. The van der Waals surface area contributed by atoms with Crippen LogP contribution in [0.2, 0.25) is 45.8 Å². The van der Waals surface area contributed by atoms with E-state index in [4.69, 9.17) is 17.7 Å². The quantitative estimate of drug-likeness (QED) is 0.237. The van der Waals surface area contributed by atoms with Crippen LogP contribution in [-0.2, 0) is 22.5 Å². The van der Waals surface area contributed by atoms with Gasteiger partial charge in [0.2, 0.25) is 0 Å². The Morgan fingerprint density at radius 1 is 1.00 bits per heavy atom. The topological polar surface area (TPSA) is 54.0 Å². The van der Waals surface area contributed by atoms with Gasteiger partial charge in [0, 0.05) is 6.08 Å². The number of hydrogen-bond donors (Lipinski definition) is 0. The molecule has 1 atom stereocenters. The van der Waals surface area contributed by atoms with Crippen LogP contribution in [0.3, 0.4) is 0 Å². The van der Waals surface area contributed by atoms with Crippen LogP contribution < -0.4 is 0 Å². The second-order valence-corrected chi connectivity index (χ2v) is 20.3. The van der Waals surface area contributed by atoms with E-state index in [0.717, 1.165) is 12.5 Å². The summed E-state index contributed by atoms with van der Waals surface area (Å²) in [5.74, 6) is -0.432. The van der Waals surface area contributed by atoms with Gasteiger partial charge in [-0.1, -0.05) is 13.5 Å². The van der Waals surface area contributed by atoms with Crippen molar-refractivity contribution in [3.05, 3.63) is 12.7 Å². The molecule has 0 amide bonds. The van der Waals surface area contributed by atoms with Crippen molar-refractivity contribution in [3.63, 3.8) is 0 Å². The number of ether oxygens (including phenoxy) is 2. The molecule has 0 aliphatic rings. The zero-order valence-corrected chi connectivity index (χ0v) is 19.0. The lowest BCUT2D eigenvalue weighted by atomic mass is 10.5. The van der Waals surface area contributed by atoms with Gasteiger partial charge in [0.15, 0.2) is 16.6 Å². The third-order valence-electron chi connectivity index (χ3n) is 2.79. The molecule has 0 spiro atoms. The van der Waals surface area contributed by atoms with Crippen molar-refractivity contribution in [2.45, 2.75) is 64.9 Å². The number of rotatable bonds is 11. The number of hydrogen-bond acceptors (Lipinski definition) is 5. The van der Waals surface area contributed by atoms with Crippen molar-refractivity contribution in [1.29, 1.82) is 0 Å². The zero-order valence-electron chi connectivity index (χ0n) is 16.0. The Labute approximate surface area is 144 Å². The molecule has 0 N–H and O–H groups in total. The Morgan fingerprint density at radius 2 is 1.48 bits per heavy atom. The van der Waals surface area contributed by atoms with Gasteiger partial charge < -0.3 is 17.7 Å². The summed E-state index contributed by atoms with van der Waals surface area (Å²) in [6, 6.07) is 0. The lowest BCUT2D eigenvalue weighted by Gasteiger charge is -2.42. The fourth-order valence-electron chi connectivity index (χ4n) is 2.40. The molecule has 0 fully saturated rings. The van der Waals surface area contributed by atoms with Crippen LogP contribution in [0.5, 0.6) is 0 Å². The van der Waals surface area contributed by atoms with Crippen molar-refractivity contribution in [2.24, 2.45) is 0 Å². The summed E-state index contributed by atoms with van der Waals surface area (Å²) in [5.41, 5.74) is -0.0802. The van der Waals surface area contributed by atoms with Gasteiger partial charge in [-0.3, -0.25) is 0 Å². The Bertz CT molecular complexity index is 372. The molecule has 0 heterocycles. The second-order valence-electron chi connectivity index (χ2n) is 7.58. The lowest BCUT2D eigenvalue weighted by Crippen LogP contribution is -2.60. The van der Waals surface area contributed by atoms with Gasteiger partial charge in [-0.2, -0.15) is 0 Å². The molecule has 0 aromatic carbocycles. The van der Waals surface area contributed by atoms with E-state index in [1.165, 1.54) is 0 Å². The van der Waals surface area contributed by atoms with Crippen molar-refractivity contribution >= 4 is 31.2 Å². The van der Waals surface area contributed by atoms with E-state index in [1.54, 1.807) is 0 Å². The van der Waals surface area contributed by atoms with Gasteiger partial charge in [-0.05, 0) is 52.2 Å². The summed E-state index contributed by atoms with van der Waals surface area (Å²) in [7, 11) is -6.02. The molecule has 0 radical (unpaired) electrons. The molecule has 0 aliphatic carbocycles. The predicted octanol–water partition coefficient (Wildman–Crippen LogP) is 3.83. The largest absolute Gasteiger partial charge is 0.460 e. The van der Waals surface area contributed by atoms with Crippen molar-refractivity contribution in [1.82, 2.24) is 0 Å². The Hall–Kier alpha value is -0.259. The van der Waals surface area contributed by atoms with Gasteiger partial charge in [0.25, 0.3) is 0 Å². The molecule has 1 unspecified atom stereocenters. The molecular formula is C15H34O5Si3. The Balaban J connectivity index is 4.94. The standard InChI is InChI=1S/C15H34O5Si3/c1-10-14(16)17-12-13-18-15(11-2)23(9,19-21(3,4)5)20-22(6,7)8/h10,15H,1,11-13H2,2-9H3. The predicted molar refractivity (Wildman–Crippen MR) is 102 cm³/mol. The molecule has 0 saturated carbocycles. The minimum Gasteiger partial charge on any atom is -0.460 e. The van der Waals surface area contributed by atoms with Gasteiger partial charge in [0.1, 0.15) is 6.61 Å². The van der Waals surface area contributed by atoms with E-state index in [2.05, 4.69) is 59.3 Å². The van der Waals surface area contributed by atoms with Crippen LogP contribution in [0, 0.1) is 0 Å². The number of esters is 1. The summed E-state index contributed by atoms with van der Waals surface area (Å²) in [4.78, 5) is 11.1.